The van der Waals surface area contributed by atoms with Crippen LogP contribution in [0.25, 0.3) is 0 Å². The van der Waals surface area contributed by atoms with Crippen LogP contribution in [-0.4, -0.2) is 43.2 Å². The summed E-state index contributed by atoms with van der Waals surface area (Å²) in [6.07, 6.45) is 3.10. The van der Waals surface area contributed by atoms with Gasteiger partial charge in [-0.05, 0) is 12.8 Å². The number of hydrogen-bond donors (Lipinski definition) is 3. The lowest BCUT2D eigenvalue weighted by molar-refractivity contribution is -0.137. The molecule has 1 heterocycles. The summed E-state index contributed by atoms with van der Waals surface area (Å²) in [5.74, 6) is -1.21. The van der Waals surface area contributed by atoms with Gasteiger partial charge in [0.25, 0.3) is 5.91 Å². The third kappa shape index (κ3) is 7.61. The normalized spacial score (nSPS) is 11.1. The molecule has 1 aromatic rings. The van der Waals surface area contributed by atoms with Crippen LogP contribution in [0.4, 0.5) is 5.13 Å². The summed E-state index contributed by atoms with van der Waals surface area (Å²) in [6, 6.07) is 0. The lowest BCUT2D eigenvalue weighted by Crippen LogP contribution is -2.24. The van der Waals surface area contributed by atoms with Crippen LogP contribution in [0.15, 0.2) is 5.38 Å². The predicted octanol–water partition coefficient (Wildman–Crippen LogP) is 0.889. The lowest BCUT2D eigenvalue weighted by atomic mass is 10.2. The lowest BCUT2D eigenvalue weighted by Gasteiger charge is -2.02. The topological polar surface area (TPSA) is 125 Å². The Hall–Kier alpha value is -1.68. The zero-order valence-corrected chi connectivity index (χ0v) is 13.1. The Labute approximate surface area is 126 Å². The minimum absolute atomic E-state index is 0.126. The fourth-order valence-electron chi connectivity index (χ4n) is 1.45. The first-order valence-corrected chi connectivity index (χ1v) is 8.98. The average molecular weight is 335 g/mol. The number of sulfonamides is 1. The third-order valence-electron chi connectivity index (χ3n) is 2.36. The molecule has 0 fully saturated rings. The van der Waals surface area contributed by atoms with E-state index in [0.29, 0.717) is 25.8 Å². The molecule has 0 unspecified atom stereocenters. The molecule has 0 aliphatic carbocycles. The standard InChI is InChI=1S/C11H17N3O5S2/c1-21(18,19)14-11-13-8(7-20-11)10(17)12-6-4-2-3-5-9(15)16/h7H,2-6H2,1H3,(H,12,17)(H,13,14)(H,15,16). The van der Waals surface area contributed by atoms with Crippen LogP contribution < -0.4 is 10.0 Å². The molecular formula is C11H17N3O5S2. The Morgan fingerprint density at radius 2 is 2.05 bits per heavy atom. The zero-order valence-electron chi connectivity index (χ0n) is 11.5. The number of carboxylic acid groups (broad SMARTS) is 1. The molecule has 0 bridgehead atoms. The van der Waals surface area contributed by atoms with Crippen molar-refractivity contribution in [2.75, 3.05) is 17.5 Å². The predicted molar refractivity (Wildman–Crippen MR) is 79.0 cm³/mol. The highest BCUT2D eigenvalue weighted by molar-refractivity contribution is 7.92. The molecule has 21 heavy (non-hydrogen) atoms. The van der Waals surface area contributed by atoms with E-state index in [0.717, 1.165) is 17.6 Å². The highest BCUT2D eigenvalue weighted by Crippen LogP contribution is 2.16. The van der Waals surface area contributed by atoms with Gasteiger partial charge in [-0.3, -0.25) is 14.3 Å². The van der Waals surface area contributed by atoms with Crippen molar-refractivity contribution in [3.63, 3.8) is 0 Å². The highest BCUT2D eigenvalue weighted by Gasteiger charge is 2.12. The second-order valence-corrected chi connectivity index (χ2v) is 6.98. The molecule has 0 aliphatic rings. The number of carboxylic acids is 1. The van der Waals surface area contributed by atoms with Crippen LogP contribution >= 0.6 is 11.3 Å². The minimum Gasteiger partial charge on any atom is -0.481 e. The number of nitrogens with one attached hydrogen (secondary N) is 2. The number of carbonyl (C=O) groups excluding carboxylic acids is 1. The van der Waals surface area contributed by atoms with E-state index in [1.54, 1.807) is 0 Å². The molecule has 1 amide bonds. The van der Waals surface area contributed by atoms with Crippen LogP contribution in [0.5, 0.6) is 0 Å². The fraction of sp³-hybridized carbons (Fsp3) is 0.545. The molecule has 118 valence electrons. The number of anilines is 1. The van der Waals surface area contributed by atoms with Crippen molar-refractivity contribution in [3.05, 3.63) is 11.1 Å². The zero-order chi connectivity index (χ0) is 15.9. The van der Waals surface area contributed by atoms with Gasteiger partial charge < -0.3 is 10.4 Å². The van der Waals surface area contributed by atoms with Crippen molar-refractivity contribution in [1.29, 1.82) is 0 Å². The number of hydrogen-bond acceptors (Lipinski definition) is 6. The molecule has 0 aliphatic heterocycles. The summed E-state index contributed by atoms with van der Waals surface area (Å²) in [5, 5.41) is 12.7. The number of rotatable bonds is 9. The molecule has 0 radical (unpaired) electrons. The van der Waals surface area contributed by atoms with Gasteiger partial charge in [0.05, 0.1) is 6.26 Å². The van der Waals surface area contributed by atoms with E-state index in [-0.39, 0.29) is 23.2 Å². The number of nitrogens with zero attached hydrogens (tertiary/aromatic N) is 1. The van der Waals surface area contributed by atoms with E-state index >= 15 is 0 Å². The van der Waals surface area contributed by atoms with Crippen LogP contribution in [-0.2, 0) is 14.8 Å². The number of amides is 1. The molecule has 10 heteroatoms. The first-order chi connectivity index (χ1) is 9.78. The second-order valence-electron chi connectivity index (χ2n) is 4.37. The summed E-state index contributed by atoms with van der Waals surface area (Å²) in [6.45, 7) is 0.421. The van der Waals surface area contributed by atoms with Gasteiger partial charge in [-0.2, -0.15) is 0 Å². The number of aliphatic carboxylic acids is 1. The quantitative estimate of drug-likeness (QED) is 0.575. The summed E-state index contributed by atoms with van der Waals surface area (Å²) in [4.78, 5) is 25.9. The number of carbonyl (C=O) groups is 2. The number of aromatic nitrogens is 1. The Morgan fingerprint density at radius 3 is 2.67 bits per heavy atom. The highest BCUT2D eigenvalue weighted by atomic mass is 32.2. The van der Waals surface area contributed by atoms with Gasteiger partial charge in [0.15, 0.2) is 5.13 Å². The average Bonchev–Trinajstić information content (AvgIpc) is 2.79. The molecule has 1 aromatic heterocycles. The van der Waals surface area contributed by atoms with Crippen molar-refractivity contribution >= 4 is 38.4 Å². The molecular weight excluding hydrogens is 318 g/mol. The smallest absolute Gasteiger partial charge is 0.303 e. The van der Waals surface area contributed by atoms with E-state index in [9.17, 15) is 18.0 Å². The van der Waals surface area contributed by atoms with Gasteiger partial charge in [0.1, 0.15) is 5.69 Å². The van der Waals surface area contributed by atoms with E-state index in [1.807, 2.05) is 0 Å². The van der Waals surface area contributed by atoms with Gasteiger partial charge in [-0.15, -0.1) is 11.3 Å². The summed E-state index contributed by atoms with van der Waals surface area (Å²) >= 11 is 1.03. The minimum atomic E-state index is -3.41. The monoisotopic (exact) mass is 335 g/mol. The second kappa shape index (κ2) is 7.93. The van der Waals surface area contributed by atoms with E-state index in [2.05, 4.69) is 15.0 Å². The van der Waals surface area contributed by atoms with Gasteiger partial charge in [-0.25, -0.2) is 13.4 Å². The molecule has 0 aromatic carbocycles. The molecule has 8 nitrogen and oxygen atoms in total. The van der Waals surface area contributed by atoms with E-state index < -0.39 is 16.0 Å². The van der Waals surface area contributed by atoms with Crippen molar-refractivity contribution < 1.29 is 23.1 Å². The fourth-order valence-corrected chi connectivity index (χ4v) is 3.00. The Kier molecular flexibility index (Phi) is 6.56. The first-order valence-electron chi connectivity index (χ1n) is 6.21. The van der Waals surface area contributed by atoms with Crippen molar-refractivity contribution in [2.45, 2.75) is 25.7 Å². The maximum atomic E-state index is 11.7. The first kappa shape index (κ1) is 17.4. The molecule has 0 saturated carbocycles. The molecule has 3 N–H and O–H groups in total. The van der Waals surface area contributed by atoms with Crippen LogP contribution in [0.2, 0.25) is 0 Å². The van der Waals surface area contributed by atoms with Crippen LogP contribution in [0.3, 0.4) is 0 Å². The van der Waals surface area contributed by atoms with Gasteiger partial charge in [-0.1, -0.05) is 6.42 Å². The molecule has 1 rings (SSSR count). The van der Waals surface area contributed by atoms with Gasteiger partial charge in [0.2, 0.25) is 10.0 Å². The van der Waals surface area contributed by atoms with E-state index in [1.165, 1.54) is 5.38 Å². The van der Waals surface area contributed by atoms with E-state index in [4.69, 9.17) is 5.11 Å². The number of unbranched alkanes of at least 4 members (excludes halogenated alkanes) is 2. The van der Waals surface area contributed by atoms with Crippen LogP contribution in [0, 0.1) is 0 Å². The number of thiazole rings is 1. The summed E-state index contributed by atoms with van der Waals surface area (Å²) < 4.78 is 24.2. The van der Waals surface area contributed by atoms with Gasteiger partial charge in [0, 0.05) is 18.3 Å². The molecule has 0 spiro atoms. The Balaban J connectivity index is 2.31. The van der Waals surface area contributed by atoms with Crippen molar-refractivity contribution in [1.82, 2.24) is 10.3 Å². The van der Waals surface area contributed by atoms with Gasteiger partial charge >= 0.3 is 5.97 Å². The molecule has 0 saturated heterocycles. The maximum absolute atomic E-state index is 11.7. The maximum Gasteiger partial charge on any atom is 0.303 e. The van der Waals surface area contributed by atoms with Crippen molar-refractivity contribution in [2.24, 2.45) is 0 Å². The Bertz CT molecular complexity index is 597. The van der Waals surface area contributed by atoms with Crippen molar-refractivity contribution in [3.8, 4) is 0 Å². The molecule has 0 atom stereocenters. The Morgan fingerprint density at radius 1 is 1.33 bits per heavy atom. The summed E-state index contributed by atoms with van der Waals surface area (Å²) in [5.41, 5.74) is 0.150. The SMILES string of the molecule is CS(=O)(=O)Nc1nc(C(=O)NCCCCCC(=O)O)cs1. The largest absolute Gasteiger partial charge is 0.481 e. The third-order valence-corrected chi connectivity index (χ3v) is 3.81. The van der Waals surface area contributed by atoms with Crippen LogP contribution in [0.1, 0.15) is 36.2 Å². The summed E-state index contributed by atoms with van der Waals surface area (Å²) in [7, 11) is -3.41.